The molecule has 1 saturated heterocycles. The molecule has 1 heterocycles. The van der Waals surface area contributed by atoms with Gasteiger partial charge in [0.2, 0.25) is 0 Å². The molecule has 2 rings (SSSR count). The Labute approximate surface area is 153 Å². The van der Waals surface area contributed by atoms with E-state index in [2.05, 4.69) is 6.58 Å². The number of esters is 2. The lowest BCUT2D eigenvalue weighted by Gasteiger charge is -2.28. The van der Waals surface area contributed by atoms with Crippen molar-refractivity contribution >= 4 is 17.9 Å². The zero-order valence-electron chi connectivity index (χ0n) is 15.5. The van der Waals surface area contributed by atoms with E-state index in [1.807, 2.05) is 19.9 Å². The van der Waals surface area contributed by atoms with Crippen LogP contribution in [-0.4, -0.2) is 35.2 Å². The summed E-state index contributed by atoms with van der Waals surface area (Å²) in [6, 6.07) is 0. The molecule has 0 spiro atoms. The largest absolute Gasteiger partial charge is 0.478 e. The first kappa shape index (κ1) is 19.9. The topological polar surface area (TPSA) is 89.9 Å². The van der Waals surface area contributed by atoms with Gasteiger partial charge in [-0.05, 0) is 32.3 Å². The van der Waals surface area contributed by atoms with E-state index < -0.39 is 36.0 Å². The van der Waals surface area contributed by atoms with E-state index >= 15 is 0 Å². The van der Waals surface area contributed by atoms with Crippen LogP contribution in [0.5, 0.6) is 0 Å². The number of ether oxygens (including phenoxy) is 2. The first-order valence-electron chi connectivity index (χ1n) is 8.94. The summed E-state index contributed by atoms with van der Waals surface area (Å²) in [6.45, 7) is 9.33. The van der Waals surface area contributed by atoms with Crippen LogP contribution >= 0.6 is 0 Å². The van der Waals surface area contributed by atoms with Gasteiger partial charge in [0.05, 0.1) is 11.8 Å². The molecule has 0 aromatic rings. The SMILES string of the molecule is C=C1C(=O)O[C@@H]2/C=C(\C)CC/C=C(\C(=O)O)C[C@H](OC(=O)[C@H](C)CC)[C@H]12. The van der Waals surface area contributed by atoms with Gasteiger partial charge in [0.15, 0.2) is 0 Å². The van der Waals surface area contributed by atoms with Crippen LogP contribution < -0.4 is 0 Å². The second-order valence-electron chi connectivity index (χ2n) is 7.00. The fraction of sp³-hybridized carbons (Fsp3) is 0.550. The molecule has 6 nitrogen and oxygen atoms in total. The highest BCUT2D eigenvalue weighted by molar-refractivity contribution is 5.91. The molecule has 1 fully saturated rings. The summed E-state index contributed by atoms with van der Waals surface area (Å²) >= 11 is 0. The number of hydrogen-bond donors (Lipinski definition) is 1. The van der Waals surface area contributed by atoms with Crippen molar-refractivity contribution in [1.82, 2.24) is 0 Å². The molecule has 0 amide bonds. The molecule has 1 N–H and O–H groups in total. The van der Waals surface area contributed by atoms with Crippen LogP contribution in [-0.2, 0) is 23.9 Å². The molecular formula is C20H26O6. The molecule has 1 aliphatic carbocycles. The minimum atomic E-state index is -1.05. The zero-order chi connectivity index (χ0) is 19.4. The van der Waals surface area contributed by atoms with Crippen molar-refractivity contribution in [3.8, 4) is 0 Å². The highest BCUT2D eigenvalue weighted by Gasteiger charge is 2.45. The number of rotatable bonds is 4. The van der Waals surface area contributed by atoms with Gasteiger partial charge in [-0.15, -0.1) is 0 Å². The van der Waals surface area contributed by atoms with Crippen molar-refractivity contribution in [3.63, 3.8) is 0 Å². The average Bonchev–Trinajstić information content (AvgIpc) is 2.85. The van der Waals surface area contributed by atoms with Gasteiger partial charge in [-0.1, -0.05) is 32.1 Å². The quantitative estimate of drug-likeness (QED) is 0.469. The number of carboxylic acids is 1. The summed E-state index contributed by atoms with van der Waals surface area (Å²) in [5.74, 6) is -2.90. The normalized spacial score (nSPS) is 31.6. The second kappa shape index (κ2) is 8.34. The lowest BCUT2D eigenvalue weighted by Crippen LogP contribution is -2.35. The lowest BCUT2D eigenvalue weighted by atomic mass is 9.85. The third-order valence-electron chi connectivity index (χ3n) is 5.02. The Hall–Kier alpha value is -2.37. The first-order chi connectivity index (χ1) is 12.2. The van der Waals surface area contributed by atoms with E-state index in [4.69, 9.17) is 9.47 Å². The molecule has 142 valence electrons. The third kappa shape index (κ3) is 4.42. The fourth-order valence-electron chi connectivity index (χ4n) is 3.17. The Morgan fingerprint density at radius 1 is 1.46 bits per heavy atom. The molecular weight excluding hydrogens is 336 g/mol. The molecule has 0 saturated carbocycles. The predicted molar refractivity (Wildman–Crippen MR) is 95.2 cm³/mol. The Bertz CT molecular complexity index is 672. The van der Waals surface area contributed by atoms with Gasteiger partial charge in [-0.2, -0.15) is 0 Å². The standard InChI is InChI=1S/C20H26O6/c1-5-12(3)19(23)25-16-10-14(18(21)22)8-6-7-11(2)9-15-17(16)13(4)20(24)26-15/h8-9,12,15-17H,4-7,10H2,1-3H3,(H,21,22)/b11-9+,14-8-/t12-,15-,16+,17-/m1/s1. The van der Waals surface area contributed by atoms with Crippen LogP contribution in [0.3, 0.4) is 0 Å². The zero-order valence-corrected chi connectivity index (χ0v) is 15.5. The van der Waals surface area contributed by atoms with Crippen LogP contribution in [0, 0.1) is 11.8 Å². The smallest absolute Gasteiger partial charge is 0.334 e. The van der Waals surface area contributed by atoms with Crippen molar-refractivity contribution < 1.29 is 29.0 Å². The van der Waals surface area contributed by atoms with Gasteiger partial charge in [0.1, 0.15) is 12.2 Å². The number of hydrogen-bond acceptors (Lipinski definition) is 5. The van der Waals surface area contributed by atoms with Crippen molar-refractivity contribution in [2.75, 3.05) is 0 Å². The van der Waals surface area contributed by atoms with Gasteiger partial charge in [0, 0.05) is 17.6 Å². The molecule has 6 heteroatoms. The van der Waals surface area contributed by atoms with Crippen LogP contribution in [0.1, 0.15) is 46.5 Å². The lowest BCUT2D eigenvalue weighted by molar-refractivity contribution is -0.157. The number of carbonyl (C=O) groups is 3. The minimum Gasteiger partial charge on any atom is -0.478 e. The molecule has 0 aromatic heterocycles. The fourth-order valence-corrected chi connectivity index (χ4v) is 3.17. The summed E-state index contributed by atoms with van der Waals surface area (Å²) in [5, 5.41) is 9.50. The Morgan fingerprint density at radius 3 is 2.77 bits per heavy atom. The van der Waals surface area contributed by atoms with Gasteiger partial charge >= 0.3 is 17.9 Å². The Kier molecular flexibility index (Phi) is 6.40. The van der Waals surface area contributed by atoms with E-state index in [1.54, 1.807) is 13.0 Å². The van der Waals surface area contributed by atoms with Crippen molar-refractivity contribution in [2.24, 2.45) is 11.8 Å². The monoisotopic (exact) mass is 362 g/mol. The Balaban J connectivity index is 2.43. The van der Waals surface area contributed by atoms with Crippen LogP contribution in [0.4, 0.5) is 0 Å². The molecule has 2 aliphatic rings. The van der Waals surface area contributed by atoms with Gasteiger partial charge in [-0.25, -0.2) is 9.59 Å². The third-order valence-corrected chi connectivity index (χ3v) is 5.02. The van der Waals surface area contributed by atoms with E-state index in [9.17, 15) is 19.5 Å². The minimum absolute atomic E-state index is 0.0151. The number of allylic oxidation sites excluding steroid dienone is 2. The molecule has 0 radical (unpaired) electrons. The van der Waals surface area contributed by atoms with Crippen LogP contribution in [0.15, 0.2) is 35.5 Å². The Morgan fingerprint density at radius 2 is 2.15 bits per heavy atom. The number of aliphatic carboxylic acids is 1. The number of carbonyl (C=O) groups excluding carboxylic acids is 2. The van der Waals surface area contributed by atoms with Crippen molar-refractivity contribution in [2.45, 2.75) is 58.7 Å². The maximum Gasteiger partial charge on any atom is 0.334 e. The van der Waals surface area contributed by atoms with Crippen molar-refractivity contribution in [3.05, 3.63) is 35.5 Å². The van der Waals surface area contributed by atoms with E-state index in [1.165, 1.54) is 0 Å². The molecule has 0 aromatic carbocycles. The van der Waals surface area contributed by atoms with Crippen LogP contribution in [0.2, 0.25) is 0 Å². The summed E-state index contributed by atoms with van der Waals surface area (Å²) in [4.78, 5) is 36.0. The summed E-state index contributed by atoms with van der Waals surface area (Å²) in [6.07, 6.45) is 3.94. The van der Waals surface area contributed by atoms with Crippen LogP contribution in [0.25, 0.3) is 0 Å². The summed E-state index contributed by atoms with van der Waals surface area (Å²) < 4.78 is 11.1. The molecule has 4 atom stereocenters. The molecule has 26 heavy (non-hydrogen) atoms. The van der Waals surface area contributed by atoms with E-state index in [0.29, 0.717) is 19.3 Å². The van der Waals surface area contributed by atoms with Crippen molar-refractivity contribution in [1.29, 1.82) is 0 Å². The van der Waals surface area contributed by atoms with Gasteiger partial charge < -0.3 is 14.6 Å². The van der Waals surface area contributed by atoms with Gasteiger partial charge in [-0.3, -0.25) is 4.79 Å². The summed E-state index contributed by atoms with van der Waals surface area (Å²) in [5.41, 5.74) is 1.37. The highest BCUT2D eigenvalue weighted by Crippen LogP contribution is 2.36. The maximum atomic E-state index is 12.4. The maximum absolute atomic E-state index is 12.4. The molecule has 0 unspecified atom stereocenters. The van der Waals surface area contributed by atoms with E-state index in [0.717, 1.165) is 5.57 Å². The average molecular weight is 362 g/mol. The number of carboxylic acid groups (broad SMARTS) is 1. The predicted octanol–water partition coefficient (Wildman–Crippen LogP) is 3.18. The molecule has 1 aliphatic heterocycles. The van der Waals surface area contributed by atoms with E-state index in [-0.39, 0.29) is 23.5 Å². The van der Waals surface area contributed by atoms with Gasteiger partial charge in [0.25, 0.3) is 0 Å². The highest BCUT2D eigenvalue weighted by atomic mass is 16.6. The molecule has 0 bridgehead atoms. The number of fused-ring (bicyclic) bond motifs is 1. The second-order valence-corrected chi connectivity index (χ2v) is 7.00. The first-order valence-corrected chi connectivity index (χ1v) is 8.94. The summed E-state index contributed by atoms with van der Waals surface area (Å²) in [7, 11) is 0.